The van der Waals surface area contributed by atoms with Crippen LogP contribution in [0.25, 0.3) is 0 Å². The highest BCUT2D eigenvalue weighted by Crippen LogP contribution is 2.13. The third-order valence-electron chi connectivity index (χ3n) is 4.43. The zero-order chi connectivity index (χ0) is 20.6. The van der Waals surface area contributed by atoms with E-state index in [2.05, 4.69) is 10.6 Å². The summed E-state index contributed by atoms with van der Waals surface area (Å²) in [6, 6.07) is 9.77. The van der Waals surface area contributed by atoms with Gasteiger partial charge in [0.05, 0.1) is 6.42 Å². The topological polar surface area (TPSA) is 87.7 Å². The van der Waals surface area contributed by atoms with Crippen LogP contribution in [0.3, 0.4) is 0 Å². The highest BCUT2D eigenvalue weighted by molar-refractivity contribution is 5.79. The zero-order valence-corrected chi connectivity index (χ0v) is 17.0. The van der Waals surface area contributed by atoms with Crippen molar-refractivity contribution in [2.24, 2.45) is 0 Å². The molecule has 3 amide bonds. The summed E-state index contributed by atoms with van der Waals surface area (Å²) in [6.45, 7) is 6.89. The molecule has 0 radical (unpaired) electrons. The highest BCUT2D eigenvalue weighted by Gasteiger charge is 2.24. The van der Waals surface area contributed by atoms with Crippen molar-refractivity contribution < 1.29 is 19.1 Å². The van der Waals surface area contributed by atoms with E-state index >= 15 is 0 Å². The van der Waals surface area contributed by atoms with Crippen LogP contribution < -0.4 is 10.6 Å². The van der Waals surface area contributed by atoms with E-state index in [1.807, 2.05) is 35.2 Å². The fraction of sp³-hybridized carbons (Fsp3) is 0.571. The van der Waals surface area contributed by atoms with E-state index in [1.165, 1.54) is 0 Å². The molecule has 0 saturated carbocycles. The van der Waals surface area contributed by atoms with Crippen molar-refractivity contribution in [3.05, 3.63) is 35.9 Å². The lowest BCUT2D eigenvalue weighted by molar-refractivity contribution is -0.131. The van der Waals surface area contributed by atoms with Crippen molar-refractivity contribution in [1.82, 2.24) is 15.5 Å². The SMILES string of the molecule is CC(C)(C)OC(=O)NCCC(=O)NC1CCN(C(=O)Cc2ccccc2)CC1. The van der Waals surface area contributed by atoms with Crippen LogP contribution >= 0.6 is 0 Å². The monoisotopic (exact) mass is 389 g/mol. The second-order valence-electron chi connectivity index (χ2n) is 8.06. The van der Waals surface area contributed by atoms with Crippen LogP contribution in [0.2, 0.25) is 0 Å². The number of rotatable bonds is 6. The number of ether oxygens (including phenoxy) is 1. The fourth-order valence-electron chi connectivity index (χ4n) is 3.05. The molecule has 2 rings (SSSR count). The number of hydrogen-bond donors (Lipinski definition) is 2. The van der Waals surface area contributed by atoms with E-state index in [1.54, 1.807) is 20.8 Å². The second-order valence-corrected chi connectivity index (χ2v) is 8.06. The number of carbonyl (C=O) groups excluding carboxylic acids is 3. The Morgan fingerprint density at radius 3 is 2.36 bits per heavy atom. The molecule has 1 aromatic carbocycles. The van der Waals surface area contributed by atoms with Gasteiger partial charge in [0.15, 0.2) is 0 Å². The molecule has 1 aromatic rings. The maximum Gasteiger partial charge on any atom is 0.407 e. The maximum absolute atomic E-state index is 12.4. The van der Waals surface area contributed by atoms with Gasteiger partial charge in [0.25, 0.3) is 0 Å². The number of benzene rings is 1. The number of amides is 3. The molecule has 154 valence electrons. The van der Waals surface area contributed by atoms with Crippen LogP contribution in [0.1, 0.15) is 45.6 Å². The number of carbonyl (C=O) groups is 3. The first kappa shape index (κ1) is 21.7. The minimum Gasteiger partial charge on any atom is -0.444 e. The first-order valence-corrected chi connectivity index (χ1v) is 9.81. The zero-order valence-electron chi connectivity index (χ0n) is 17.0. The quantitative estimate of drug-likeness (QED) is 0.781. The summed E-state index contributed by atoms with van der Waals surface area (Å²) < 4.78 is 5.13. The average molecular weight is 389 g/mol. The molecule has 0 atom stereocenters. The van der Waals surface area contributed by atoms with E-state index in [0.29, 0.717) is 19.5 Å². The van der Waals surface area contributed by atoms with E-state index in [4.69, 9.17) is 4.74 Å². The van der Waals surface area contributed by atoms with Crippen molar-refractivity contribution in [2.45, 2.75) is 58.1 Å². The molecule has 1 heterocycles. The molecule has 0 bridgehead atoms. The number of nitrogens with one attached hydrogen (secondary N) is 2. The van der Waals surface area contributed by atoms with Gasteiger partial charge in [-0.1, -0.05) is 30.3 Å². The minimum absolute atomic E-state index is 0.0646. The molecular weight excluding hydrogens is 358 g/mol. The number of nitrogens with zero attached hydrogens (tertiary/aromatic N) is 1. The smallest absolute Gasteiger partial charge is 0.407 e. The van der Waals surface area contributed by atoms with Crippen molar-refractivity contribution in [1.29, 1.82) is 0 Å². The van der Waals surface area contributed by atoms with Crippen LogP contribution in [-0.4, -0.2) is 54.1 Å². The molecule has 1 saturated heterocycles. The lowest BCUT2D eigenvalue weighted by Gasteiger charge is -2.32. The Hall–Kier alpha value is -2.57. The van der Waals surface area contributed by atoms with Crippen LogP contribution in [-0.2, 0) is 20.7 Å². The third kappa shape index (κ3) is 7.98. The van der Waals surface area contributed by atoms with Gasteiger partial charge in [-0.15, -0.1) is 0 Å². The first-order chi connectivity index (χ1) is 13.2. The highest BCUT2D eigenvalue weighted by atomic mass is 16.6. The Morgan fingerprint density at radius 1 is 1.11 bits per heavy atom. The van der Waals surface area contributed by atoms with Gasteiger partial charge in [-0.2, -0.15) is 0 Å². The van der Waals surface area contributed by atoms with Gasteiger partial charge in [-0.25, -0.2) is 4.79 Å². The lowest BCUT2D eigenvalue weighted by Crippen LogP contribution is -2.47. The van der Waals surface area contributed by atoms with Gasteiger partial charge in [0.1, 0.15) is 5.60 Å². The summed E-state index contributed by atoms with van der Waals surface area (Å²) in [5.74, 6) is 0.0164. The Morgan fingerprint density at radius 2 is 1.75 bits per heavy atom. The standard InChI is InChI=1S/C21H31N3O4/c1-21(2,3)28-20(27)22-12-9-18(25)23-17-10-13-24(14-11-17)19(26)15-16-7-5-4-6-8-16/h4-8,17H,9-15H2,1-3H3,(H,22,27)(H,23,25). The van der Waals surface area contributed by atoms with Gasteiger partial charge in [-0.3, -0.25) is 9.59 Å². The van der Waals surface area contributed by atoms with Crippen LogP contribution in [0.15, 0.2) is 30.3 Å². The van der Waals surface area contributed by atoms with Gasteiger partial charge >= 0.3 is 6.09 Å². The van der Waals surface area contributed by atoms with Crippen molar-refractivity contribution >= 4 is 17.9 Å². The molecule has 0 spiro atoms. The molecule has 2 N–H and O–H groups in total. The van der Waals surface area contributed by atoms with Crippen LogP contribution in [0, 0.1) is 0 Å². The molecule has 1 fully saturated rings. The Balaban J connectivity index is 1.63. The molecule has 7 heteroatoms. The third-order valence-corrected chi connectivity index (χ3v) is 4.43. The fourth-order valence-corrected chi connectivity index (χ4v) is 3.05. The van der Waals surface area contributed by atoms with E-state index in [-0.39, 0.29) is 30.8 Å². The second kappa shape index (κ2) is 10.1. The van der Waals surface area contributed by atoms with Gasteiger partial charge < -0.3 is 20.3 Å². The maximum atomic E-state index is 12.4. The molecular formula is C21H31N3O4. The molecule has 0 unspecified atom stereocenters. The van der Waals surface area contributed by atoms with Crippen molar-refractivity contribution in [3.63, 3.8) is 0 Å². The summed E-state index contributed by atoms with van der Waals surface area (Å²) in [5.41, 5.74) is 0.457. The van der Waals surface area contributed by atoms with E-state index < -0.39 is 11.7 Å². The number of piperidine rings is 1. The Bertz CT molecular complexity index is 662. The molecule has 0 aliphatic carbocycles. The predicted molar refractivity (Wildman–Crippen MR) is 107 cm³/mol. The summed E-state index contributed by atoms with van der Waals surface area (Å²) in [4.78, 5) is 37.9. The lowest BCUT2D eigenvalue weighted by atomic mass is 10.0. The first-order valence-electron chi connectivity index (χ1n) is 9.81. The van der Waals surface area contributed by atoms with E-state index in [9.17, 15) is 14.4 Å². The summed E-state index contributed by atoms with van der Waals surface area (Å²) in [6.07, 6.45) is 1.57. The molecule has 1 aliphatic rings. The molecule has 7 nitrogen and oxygen atoms in total. The van der Waals surface area contributed by atoms with Crippen molar-refractivity contribution in [2.75, 3.05) is 19.6 Å². The summed E-state index contributed by atoms with van der Waals surface area (Å²) in [5, 5.41) is 5.56. The molecule has 0 aromatic heterocycles. The number of hydrogen-bond acceptors (Lipinski definition) is 4. The van der Waals surface area contributed by atoms with Crippen LogP contribution in [0.5, 0.6) is 0 Å². The van der Waals surface area contributed by atoms with Gasteiger partial charge in [-0.05, 0) is 39.2 Å². The number of alkyl carbamates (subject to hydrolysis) is 1. The predicted octanol–water partition coefficient (Wildman–Crippen LogP) is 2.25. The summed E-state index contributed by atoms with van der Waals surface area (Å²) >= 11 is 0. The minimum atomic E-state index is -0.557. The van der Waals surface area contributed by atoms with E-state index in [0.717, 1.165) is 18.4 Å². The normalized spacial score (nSPS) is 15.0. The van der Waals surface area contributed by atoms with Crippen molar-refractivity contribution in [3.8, 4) is 0 Å². The van der Waals surface area contributed by atoms with Crippen LogP contribution in [0.4, 0.5) is 4.79 Å². The van der Waals surface area contributed by atoms with Gasteiger partial charge in [0, 0.05) is 32.1 Å². The molecule has 28 heavy (non-hydrogen) atoms. The largest absolute Gasteiger partial charge is 0.444 e. The Kier molecular flexibility index (Phi) is 7.84. The number of likely N-dealkylation sites (tertiary alicyclic amines) is 1. The average Bonchev–Trinajstić information content (AvgIpc) is 2.61. The van der Waals surface area contributed by atoms with Gasteiger partial charge in [0.2, 0.25) is 11.8 Å². The summed E-state index contributed by atoms with van der Waals surface area (Å²) in [7, 11) is 0. The molecule has 1 aliphatic heterocycles. The Labute approximate surface area is 166 Å².